The van der Waals surface area contributed by atoms with Crippen LogP contribution in [0.2, 0.25) is 5.02 Å². The smallest absolute Gasteiger partial charge is 0.407 e. The molecule has 0 bridgehead atoms. The normalized spacial score (nSPS) is 22.3. The largest absolute Gasteiger partial charge is 0.480 e. The van der Waals surface area contributed by atoms with Gasteiger partial charge in [0.05, 0.1) is 23.2 Å². The molecule has 3 aliphatic rings. The van der Waals surface area contributed by atoms with Crippen LogP contribution in [0.15, 0.2) is 42.6 Å². The van der Waals surface area contributed by atoms with E-state index in [4.69, 9.17) is 30.5 Å². The Morgan fingerprint density at radius 2 is 1.96 bits per heavy atom. The number of rotatable bonds is 9. The van der Waals surface area contributed by atoms with Gasteiger partial charge in [0, 0.05) is 55.6 Å². The Morgan fingerprint density at radius 1 is 1.15 bits per heavy atom. The molecule has 0 radical (unpaired) electrons. The van der Waals surface area contributed by atoms with E-state index in [2.05, 4.69) is 10.3 Å². The molecule has 13 heteroatoms. The molecule has 4 heterocycles. The molecule has 2 saturated heterocycles. The van der Waals surface area contributed by atoms with E-state index in [1.165, 1.54) is 11.9 Å². The van der Waals surface area contributed by atoms with Gasteiger partial charge in [-0.25, -0.2) is 18.6 Å². The van der Waals surface area contributed by atoms with Gasteiger partial charge in [-0.1, -0.05) is 41.9 Å². The van der Waals surface area contributed by atoms with Crippen molar-refractivity contribution in [1.29, 1.82) is 0 Å². The number of amides is 2. The van der Waals surface area contributed by atoms with Crippen molar-refractivity contribution < 1.29 is 42.4 Å². The zero-order chi connectivity index (χ0) is 32.4. The van der Waals surface area contributed by atoms with Crippen molar-refractivity contribution in [2.24, 2.45) is 0 Å². The van der Waals surface area contributed by atoms with Gasteiger partial charge in [-0.15, -0.1) is 0 Å². The highest BCUT2D eigenvalue weighted by Crippen LogP contribution is 2.53. The SMILES string of the molecule is CNC(=O)c1cnc(OCCOC2CCCCO2)c(F)c1-c1c(Cl)c(F)cc2c1C[C@](c1ccccc1)([C@@H]1CCCN1C(=O)O)O2. The summed E-state index contributed by atoms with van der Waals surface area (Å²) in [5.41, 5.74) is -0.885. The van der Waals surface area contributed by atoms with E-state index in [9.17, 15) is 14.7 Å². The van der Waals surface area contributed by atoms with E-state index in [0.717, 1.165) is 31.5 Å². The van der Waals surface area contributed by atoms with Gasteiger partial charge in [-0.2, -0.15) is 0 Å². The van der Waals surface area contributed by atoms with Gasteiger partial charge in [-0.3, -0.25) is 4.79 Å². The predicted molar refractivity (Wildman–Crippen MR) is 163 cm³/mol. The maximum Gasteiger partial charge on any atom is 0.407 e. The number of pyridine rings is 1. The van der Waals surface area contributed by atoms with Gasteiger partial charge in [0.1, 0.15) is 18.2 Å². The second kappa shape index (κ2) is 13.4. The van der Waals surface area contributed by atoms with Crippen molar-refractivity contribution in [2.75, 3.05) is 33.4 Å². The van der Waals surface area contributed by atoms with E-state index in [1.54, 1.807) is 12.1 Å². The lowest BCUT2D eigenvalue weighted by Crippen LogP contribution is -2.52. The zero-order valence-electron chi connectivity index (χ0n) is 25.2. The molecule has 3 atom stereocenters. The van der Waals surface area contributed by atoms with Crippen molar-refractivity contribution in [1.82, 2.24) is 15.2 Å². The first-order valence-corrected chi connectivity index (χ1v) is 15.6. The van der Waals surface area contributed by atoms with E-state index >= 15 is 8.78 Å². The van der Waals surface area contributed by atoms with Crippen LogP contribution in [-0.4, -0.2) is 72.7 Å². The fourth-order valence-electron chi connectivity index (χ4n) is 6.68. The Balaban J connectivity index is 1.43. The highest BCUT2D eigenvalue weighted by Gasteiger charge is 2.54. The molecule has 244 valence electrons. The van der Waals surface area contributed by atoms with Gasteiger partial charge in [0.25, 0.3) is 11.8 Å². The Kier molecular flexibility index (Phi) is 9.30. The number of fused-ring (bicyclic) bond motifs is 1. The number of halogens is 3. The van der Waals surface area contributed by atoms with Gasteiger partial charge < -0.3 is 34.3 Å². The van der Waals surface area contributed by atoms with E-state index in [1.807, 2.05) is 18.2 Å². The molecule has 0 spiro atoms. The highest BCUT2D eigenvalue weighted by atomic mass is 35.5. The summed E-state index contributed by atoms with van der Waals surface area (Å²) in [6.07, 6.45) is 3.48. The number of nitrogens with zero attached hydrogens (tertiary/aromatic N) is 2. The minimum atomic E-state index is -1.28. The van der Waals surface area contributed by atoms with E-state index < -0.39 is 46.2 Å². The van der Waals surface area contributed by atoms with Gasteiger partial charge >= 0.3 is 6.09 Å². The maximum atomic E-state index is 16.5. The van der Waals surface area contributed by atoms with Crippen molar-refractivity contribution in [3.63, 3.8) is 0 Å². The van der Waals surface area contributed by atoms with Crippen LogP contribution in [0.3, 0.4) is 0 Å². The molecule has 2 amide bonds. The Hall–Kier alpha value is -4.00. The first-order valence-electron chi connectivity index (χ1n) is 15.3. The van der Waals surface area contributed by atoms with Crippen molar-refractivity contribution in [3.8, 4) is 22.8 Å². The number of likely N-dealkylation sites (tertiary alicyclic amines) is 1. The number of hydrogen-bond acceptors (Lipinski definition) is 7. The van der Waals surface area contributed by atoms with Crippen LogP contribution in [0.25, 0.3) is 11.1 Å². The zero-order valence-corrected chi connectivity index (χ0v) is 25.9. The summed E-state index contributed by atoms with van der Waals surface area (Å²) < 4.78 is 55.6. The van der Waals surface area contributed by atoms with E-state index in [0.29, 0.717) is 37.1 Å². The lowest BCUT2D eigenvalue weighted by atomic mass is 9.80. The third-order valence-electron chi connectivity index (χ3n) is 8.79. The van der Waals surface area contributed by atoms with E-state index in [-0.39, 0.29) is 48.4 Å². The molecule has 1 aromatic heterocycles. The molecule has 3 aromatic rings. The van der Waals surface area contributed by atoms with Crippen molar-refractivity contribution in [3.05, 3.63) is 75.9 Å². The summed E-state index contributed by atoms with van der Waals surface area (Å²) in [6, 6.07) is 9.54. The second-order valence-electron chi connectivity index (χ2n) is 11.5. The van der Waals surface area contributed by atoms with Crippen molar-refractivity contribution in [2.45, 2.75) is 56.5 Å². The minimum Gasteiger partial charge on any atom is -0.480 e. The van der Waals surface area contributed by atoms with Crippen LogP contribution in [0.5, 0.6) is 11.6 Å². The van der Waals surface area contributed by atoms with Crippen molar-refractivity contribution >= 4 is 23.6 Å². The molecule has 1 unspecified atom stereocenters. The number of carboxylic acid groups (broad SMARTS) is 1. The van der Waals surface area contributed by atoms with Gasteiger partial charge in [0.2, 0.25) is 0 Å². The summed E-state index contributed by atoms with van der Waals surface area (Å²) in [6.45, 7) is 0.941. The fraction of sp³-hybridized carbons (Fsp3) is 0.424. The third kappa shape index (κ3) is 5.85. The maximum absolute atomic E-state index is 16.5. The molecule has 0 aliphatic carbocycles. The number of carbonyl (C=O) groups excluding carboxylic acids is 1. The summed E-state index contributed by atoms with van der Waals surface area (Å²) in [7, 11) is 1.38. The Labute approximate surface area is 269 Å². The van der Waals surface area contributed by atoms with Crippen LogP contribution in [0.4, 0.5) is 13.6 Å². The van der Waals surface area contributed by atoms with Gasteiger partial charge in [0.15, 0.2) is 17.7 Å². The minimum absolute atomic E-state index is 0.0243. The molecular formula is C33H34ClF2N3O7. The molecular weight excluding hydrogens is 624 g/mol. The fourth-order valence-corrected chi connectivity index (χ4v) is 6.95. The molecule has 10 nitrogen and oxygen atoms in total. The summed E-state index contributed by atoms with van der Waals surface area (Å²) >= 11 is 6.62. The standard InChI is InChI=1S/C33H34ClF2N3O7/c1-37-30(40)21-18-38-31(45-15-14-44-25-11-5-6-13-43-25)29(36)27(21)26-20-17-33(19-8-3-2-4-9-19,24-10-7-12-39(24)32(41)42)46-23(20)16-22(35)28(26)34/h2-4,8-9,16,18,24-25H,5-7,10-15,17H2,1H3,(H,37,40)(H,41,42)/t24-,25?,33-/m0/s1. The van der Waals surface area contributed by atoms with Crippen LogP contribution in [0.1, 0.15) is 53.6 Å². The molecule has 2 N–H and O–H groups in total. The first-order chi connectivity index (χ1) is 22.2. The number of aromatic nitrogens is 1. The molecule has 2 fully saturated rings. The monoisotopic (exact) mass is 657 g/mol. The number of hydrogen-bond donors (Lipinski definition) is 2. The molecule has 6 rings (SSSR count). The predicted octanol–water partition coefficient (Wildman–Crippen LogP) is 5.93. The highest BCUT2D eigenvalue weighted by molar-refractivity contribution is 6.34. The number of ether oxygens (including phenoxy) is 4. The lowest BCUT2D eigenvalue weighted by Gasteiger charge is -2.39. The third-order valence-corrected chi connectivity index (χ3v) is 9.16. The summed E-state index contributed by atoms with van der Waals surface area (Å²) in [5.74, 6) is -2.95. The number of benzene rings is 2. The second-order valence-corrected chi connectivity index (χ2v) is 11.8. The van der Waals surface area contributed by atoms with Crippen LogP contribution in [-0.2, 0) is 21.5 Å². The summed E-state index contributed by atoms with van der Waals surface area (Å²) in [5, 5.41) is 12.1. The van der Waals surface area contributed by atoms with Crippen LogP contribution in [0, 0.1) is 11.6 Å². The molecule has 3 aliphatic heterocycles. The topological polar surface area (TPSA) is 119 Å². The Morgan fingerprint density at radius 3 is 2.67 bits per heavy atom. The molecule has 0 saturated carbocycles. The number of carbonyl (C=O) groups is 2. The van der Waals surface area contributed by atoms with Gasteiger partial charge in [-0.05, 0) is 37.7 Å². The lowest BCUT2D eigenvalue weighted by molar-refractivity contribution is -0.165. The average molecular weight is 658 g/mol. The number of nitrogens with one attached hydrogen (secondary N) is 1. The first kappa shape index (κ1) is 32.0. The van der Waals surface area contributed by atoms with Crippen LogP contribution < -0.4 is 14.8 Å². The average Bonchev–Trinajstić information content (AvgIpc) is 3.72. The van der Waals surface area contributed by atoms with Crippen LogP contribution >= 0.6 is 11.6 Å². The molecule has 46 heavy (non-hydrogen) atoms. The quantitative estimate of drug-likeness (QED) is 0.272. The molecule has 2 aromatic carbocycles. The Bertz CT molecular complexity index is 1620. The summed E-state index contributed by atoms with van der Waals surface area (Å²) in [4.78, 5) is 30.7.